The first-order valence-corrected chi connectivity index (χ1v) is 5.73. The van der Waals surface area contributed by atoms with Gasteiger partial charge in [0.15, 0.2) is 11.5 Å². The summed E-state index contributed by atoms with van der Waals surface area (Å²) in [5, 5.41) is 12.0. The molecular formula is C13H16N2O2. The highest BCUT2D eigenvalue weighted by atomic mass is 16.7. The molecule has 17 heavy (non-hydrogen) atoms. The van der Waals surface area contributed by atoms with Crippen molar-refractivity contribution in [2.75, 3.05) is 13.3 Å². The highest BCUT2D eigenvalue weighted by Crippen LogP contribution is 2.34. The Morgan fingerprint density at radius 2 is 2.12 bits per heavy atom. The predicted octanol–water partition coefficient (Wildman–Crippen LogP) is 2.23. The lowest BCUT2D eigenvalue weighted by Gasteiger charge is -2.15. The van der Waals surface area contributed by atoms with Crippen LogP contribution in [0, 0.1) is 17.2 Å². The minimum Gasteiger partial charge on any atom is -0.454 e. The Hall–Kier alpha value is -1.73. The van der Waals surface area contributed by atoms with E-state index >= 15 is 0 Å². The van der Waals surface area contributed by atoms with Crippen LogP contribution < -0.4 is 14.8 Å². The maximum absolute atomic E-state index is 8.72. The van der Waals surface area contributed by atoms with E-state index in [0.29, 0.717) is 13.3 Å². The number of ether oxygens (including phenoxy) is 2. The molecule has 4 nitrogen and oxygen atoms in total. The lowest BCUT2D eigenvalue weighted by atomic mass is 10.1. The maximum Gasteiger partial charge on any atom is 0.231 e. The first-order valence-electron chi connectivity index (χ1n) is 5.73. The van der Waals surface area contributed by atoms with Crippen LogP contribution in [0.1, 0.15) is 25.5 Å². The van der Waals surface area contributed by atoms with Crippen LogP contribution >= 0.6 is 0 Å². The second-order valence-corrected chi connectivity index (χ2v) is 4.27. The summed E-state index contributed by atoms with van der Waals surface area (Å²) in [6, 6.07) is 8.32. The van der Waals surface area contributed by atoms with Crippen molar-refractivity contribution in [1.82, 2.24) is 5.32 Å². The van der Waals surface area contributed by atoms with Gasteiger partial charge in [-0.15, -0.1) is 0 Å². The maximum atomic E-state index is 8.72. The van der Waals surface area contributed by atoms with Gasteiger partial charge in [-0.2, -0.15) is 5.26 Å². The fourth-order valence-electron chi connectivity index (χ4n) is 1.70. The number of nitrogens with one attached hydrogen (secondary N) is 1. The SMILES string of the molecule is CC(C#N)CNC(C)c1ccc2c(c1)OCO2. The number of fused-ring (bicyclic) bond motifs is 1. The smallest absolute Gasteiger partial charge is 0.231 e. The average molecular weight is 232 g/mol. The minimum atomic E-state index is 0.0199. The standard InChI is InChI=1S/C13H16N2O2/c1-9(6-14)7-15-10(2)11-3-4-12-13(5-11)17-8-16-12/h3-5,9-10,15H,7-8H2,1-2H3. The summed E-state index contributed by atoms with van der Waals surface area (Å²) in [4.78, 5) is 0. The minimum absolute atomic E-state index is 0.0199. The van der Waals surface area contributed by atoms with Gasteiger partial charge in [0, 0.05) is 12.6 Å². The van der Waals surface area contributed by atoms with E-state index in [1.807, 2.05) is 25.1 Å². The summed E-state index contributed by atoms with van der Waals surface area (Å²) < 4.78 is 10.6. The average Bonchev–Trinajstić information content (AvgIpc) is 2.82. The fraction of sp³-hybridized carbons (Fsp3) is 0.462. The largest absolute Gasteiger partial charge is 0.454 e. The Kier molecular flexibility index (Phi) is 3.50. The molecule has 1 aliphatic heterocycles. The molecule has 1 aromatic rings. The van der Waals surface area contributed by atoms with E-state index in [1.54, 1.807) is 0 Å². The Bertz CT molecular complexity index is 440. The molecule has 1 N–H and O–H groups in total. The molecule has 0 spiro atoms. The van der Waals surface area contributed by atoms with E-state index in [1.165, 1.54) is 0 Å². The van der Waals surface area contributed by atoms with Crippen molar-refractivity contribution >= 4 is 0 Å². The number of benzene rings is 1. The molecule has 0 fully saturated rings. The summed E-state index contributed by atoms with van der Waals surface area (Å²) in [6.07, 6.45) is 0. The summed E-state index contributed by atoms with van der Waals surface area (Å²) >= 11 is 0. The summed E-state index contributed by atoms with van der Waals surface area (Å²) in [7, 11) is 0. The van der Waals surface area contributed by atoms with Crippen molar-refractivity contribution in [3.8, 4) is 17.6 Å². The fourth-order valence-corrected chi connectivity index (χ4v) is 1.70. The molecule has 2 atom stereocenters. The van der Waals surface area contributed by atoms with Gasteiger partial charge in [0.1, 0.15) is 0 Å². The second-order valence-electron chi connectivity index (χ2n) is 4.27. The van der Waals surface area contributed by atoms with Gasteiger partial charge >= 0.3 is 0 Å². The number of hydrogen-bond donors (Lipinski definition) is 1. The molecule has 0 saturated carbocycles. The van der Waals surface area contributed by atoms with Crippen LogP contribution in [0.3, 0.4) is 0 Å². The van der Waals surface area contributed by atoms with Gasteiger partial charge in [0.05, 0.1) is 12.0 Å². The molecule has 2 rings (SSSR count). The number of hydrogen-bond acceptors (Lipinski definition) is 4. The second kappa shape index (κ2) is 5.07. The van der Waals surface area contributed by atoms with Crippen LogP contribution in [0.5, 0.6) is 11.5 Å². The third-order valence-electron chi connectivity index (χ3n) is 2.85. The lowest BCUT2D eigenvalue weighted by molar-refractivity contribution is 0.174. The Morgan fingerprint density at radius 1 is 1.35 bits per heavy atom. The van der Waals surface area contributed by atoms with E-state index in [-0.39, 0.29) is 12.0 Å². The van der Waals surface area contributed by atoms with Crippen molar-refractivity contribution in [3.05, 3.63) is 23.8 Å². The van der Waals surface area contributed by atoms with E-state index in [4.69, 9.17) is 14.7 Å². The zero-order chi connectivity index (χ0) is 12.3. The number of nitrogens with zero attached hydrogens (tertiary/aromatic N) is 1. The topological polar surface area (TPSA) is 54.3 Å². The van der Waals surface area contributed by atoms with Gasteiger partial charge < -0.3 is 14.8 Å². The zero-order valence-electron chi connectivity index (χ0n) is 10.1. The number of rotatable bonds is 4. The van der Waals surface area contributed by atoms with Crippen LogP contribution in [0.25, 0.3) is 0 Å². The Morgan fingerprint density at radius 3 is 2.88 bits per heavy atom. The molecule has 1 aliphatic rings. The normalized spacial score (nSPS) is 16.3. The monoisotopic (exact) mass is 232 g/mol. The molecule has 4 heteroatoms. The molecule has 1 heterocycles. The van der Waals surface area contributed by atoms with Gasteiger partial charge in [-0.05, 0) is 31.5 Å². The molecule has 0 radical (unpaired) electrons. The van der Waals surface area contributed by atoms with Crippen molar-refractivity contribution in [3.63, 3.8) is 0 Å². The summed E-state index contributed by atoms with van der Waals surface area (Å²) in [6.45, 7) is 4.96. The quantitative estimate of drug-likeness (QED) is 0.864. The predicted molar refractivity (Wildman–Crippen MR) is 63.8 cm³/mol. The molecule has 0 aromatic heterocycles. The van der Waals surface area contributed by atoms with E-state index < -0.39 is 0 Å². The van der Waals surface area contributed by atoms with Crippen LogP contribution in [-0.2, 0) is 0 Å². The van der Waals surface area contributed by atoms with Gasteiger partial charge in [-0.3, -0.25) is 0 Å². The molecule has 0 saturated heterocycles. The van der Waals surface area contributed by atoms with Crippen molar-refractivity contribution < 1.29 is 9.47 Å². The molecule has 0 amide bonds. The molecule has 0 aliphatic carbocycles. The summed E-state index contributed by atoms with van der Waals surface area (Å²) in [5.74, 6) is 1.61. The molecule has 90 valence electrons. The van der Waals surface area contributed by atoms with Crippen LogP contribution in [0.15, 0.2) is 18.2 Å². The Balaban J connectivity index is 2.00. The van der Waals surface area contributed by atoms with E-state index in [9.17, 15) is 0 Å². The first kappa shape index (κ1) is 11.7. The van der Waals surface area contributed by atoms with Gasteiger partial charge in [-0.25, -0.2) is 0 Å². The van der Waals surface area contributed by atoms with Crippen molar-refractivity contribution in [2.45, 2.75) is 19.9 Å². The third kappa shape index (κ3) is 2.69. The lowest BCUT2D eigenvalue weighted by Crippen LogP contribution is -2.23. The van der Waals surface area contributed by atoms with Crippen LogP contribution in [0.2, 0.25) is 0 Å². The molecule has 1 aromatic carbocycles. The van der Waals surface area contributed by atoms with Crippen LogP contribution in [-0.4, -0.2) is 13.3 Å². The molecular weight excluding hydrogens is 216 g/mol. The van der Waals surface area contributed by atoms with Gasteiger partial charge in [0.25, 0.3) is 0 Å². The Labute approximate surface area is 101 Å². The highest BCUT2D eigenvalue weighted by Gasteiger charge is 2.15. The highest BCUT2D eigenvalue weighted by molar-refractivity contribution is 5.45. The van der Waals surface area contributed by atoms with Gasteiger partial charge in [0.2, 0.25) is 6.79 Å². The first-order chi connectivity index (χ1) is 8.20. The van der Waals surface area contributed by atoms with Gasteiger partial charge in [-0.1, -0.05) is 6.07 Å². The molecule has 2 unspecified atom stereocenters. The number of nitriles is 1. The van der Waals surface area contributed by atoms with E-state index in [2.05, 4.69) is 18.3 Å². The van der Waals surface area contributed by atoms with E-state index in [0.717, 1.165) is 17.1 Å². The molecule has 0 bridgehead atoms. The van der Waals surface area contributed by atoms with Crippen LogP contribution in [0.4, 0.5) is 0 Å². The van der Waals surface area contributed by atoms with Crippen molar-refractivity contribution in [2.24, 2.45) is 5.92 Å². The summed E-state index contributed by atoms with van der Waals surface area (Å²) in [5.41, 5.74) is 1.14. The zero-order valence-corrected chi connectivity index (χ0v) is 10.1. The third-order valence-corrected chi connectivity index (χ3v) is 2.85. The van der Waals surface area contributed by atoms with Crippen molar-refractivity contribution in [1.29, 1.82) is 5.26 Å².